The molecule has 22 heavy (non-hydrogen) atoms. The highest BCUT2D eigenvalue weighted by Gasteiger charge is 1.99. The number of carbonyl (C=O) groups excluding carboxylic acids is 2. The molecule has 0 saturated carbocycles. The summed E-state index contributed by atoms with van der Waals surface area (Å²) in [7, 11) is 0. The topological polar surface area (TPSA) is 46.2 Å². The molecular formula is C17H31Br2NO2. The molecule has 0 rings (SSSR count). The Bertz CT molecular complexity index is 258. The minimum absolute atomic E-state index is 0.0801. The molecule has 0 heterocycles. The molecule has 5 heteroatoms. The Morgan fingerprint density at radius 2 is 1.09 bits per heavy atom. The number of ketones is 1. The Kier molecular flexibility index (Phi) is 17.5. The molecule has 0 aromatic rings. The van der Waals surface area contributed by atoms with Gasteiger partial charge in [-0.25, -0.2) is 0 Å². The summed E-state index contributed by atoms with van der Waals surface area (Å²) in [5.41, 5.74) is 0. The smallest absolute Gasteiger partial charge is 0.230 e. The fraction of sp³-hybridized carbons (Fsp3) is 0.882. The van der Waals surface area contributed by atoms with Gasteiger partial charge in [0, 0.05) is 13.0 Å². The largest absolute Gasteiger partial charge is 0.355 e. The van der Waals surface area contributed by atoms with Crippen LogP contribution in [0.5, 0.6) is 0 Å². The van der Waals surface area contributed by atoms with E-state index in [2.05, 4.69) is 37.2 Å². The van der Waals surface area contributed by atoms with Crippen LogP contribution >= 0.6 is 31.9 Å². The maximum absolute atomic E-state index is 11.1. The van der Waals surface area contributed by atoms with Gasteiger partial charge in [0.2, 0.25) is 5.91 Å². The first-order valence-corrected chi connectivity index (χ1v) is 10.8. The first-order valence-electron chi connectivity index (χ1n) is 8.61. The van der Waals surface area contributed by atoms with E-state index in [9.17, 15) is 9.59 Å². The van der Waals surface area contributed by atoms with Crippen LogP contribution in [0.15, 0.2) is 0 Å². The zero-order valence-electron chi connectivity index (χ0n) is 13.7. The van der Waals surface area contributed by atoms with Crippen LogP contribution in [0.4, 0.5) is 0 Å². The van der Waals surface area contributed by atoms with Crippen LogP contribution in [-0.2, 0) is 9.59 Å². The van der Waals surface area contributed by atoms with Crippen LogP contribution in [0.1, 0.15) is 77.0 Å². The summed E-state index contributed by atoms with van der Waals surface area (Å²) in [5, 5.41) is 3.78. The summed E-state index contributed by atoms with van der Waals surface area (Å²) >= 11 is 6.33. The van der Waals surface area contributed by atoms with E-state index in [0.29, 0.717) is 16.4 Å². The second kappa shape index (κ2) is 17.5. The quantitative estimate of drug-likeness (QED) is 0.266. The zero-order chi connectivity index (χ0) is 16.5. The third kappa shape index (κ3) is 16.5. The lowest BCUT2D eigenvalue weighted by atomic mass is 10.0. The van der Waals surface area contributed by atoms with Gasteiger partial charge in [-0.2, -0.15) is 0 Å². The molecule has 3 nitrogen and oxygen atoms in total. The fourth-order valence-electron chi connectivity index (χ4n) is 2.38. The number of nitrogens with one attached hydrogen (secondary N) is 1. The number of hydrogen-bond donors (Lipinski definition) is 1. The van der Waals surface area contributed by atoms with Crippen molar-refractivity contribution < 1.29 is 9.59 Å². The number of halogens is 2. The minimum atomic E-state index is 0.0801. The number of amides is 1. The molecule has 0 unspecified atom stereocenters. The van der Waals surface area contributed by atoms with Crippen LogP contribution in [0.25, 0.3) is 0 Å². The molecule has 0 saturated heterocycles. The van der Waals surface area contributed by atoms with E-state index in [0.717, 1.165) is 25.8 Å². The average molecular weight is 441 g/mol. The van der Waals surface area contributed by atoms with Gasteiger partial charge >= 0.3 is 0 Å². The van der Waals surface area contributed by atoms with E-state index in [1.165, 1.54) is 57.8 Å². The molecule has 0 atom stereocenters. The molecule has 0 aromatic carbocycles. The second-order valence-electron chi connectivity index (χ2n) is 5.79. The third-order valence-electron chi connectivity index (χ3n) is 3.72. The molecule has 0 bridgehead atoms. The Morgan fingerprint density at radius 1 is 0.636 bits per heavy atom. The van der Waals surface area contributed by atoms with Gasteiger partial charge in [-0.1, -0.05) is 89.6 Å². The van der Waals surface area contributed by atoms with Crippen LogP contribution in [0, 0.1) is 0 Å². The van der Waals surface area contributed by atoms with Gasteiger partial charge in [0.05, 0.1) is 10.7 Å². The number of unbranched alkanes of at least 4 members (excludes halogenated alkanes) is 10. The molecule has 0 aliphatic carbocycles. The fourth-order valence-corrected chi connectivity index (χ4v) is 2.86. The van der Waals surface area contributed by atoms with Crippen molar-refractivity contribution in [3.8, 4) is 0 Å². The highest BCUT2D eigenvalue weighted by atomic mass is 79.9. The van der Waals surface area contributed by atoms with E-state index in [4.69, 9.17) is 0 Å². The van der Waals surface area contributed by atoms with Crippen molar-refractivity contribution in [1.29, 1.82) is 0 Å². The van der Waals surface area contributed by atoms with Gasteiger partial charge in [-0.15, -0.1) is 0 Å². The Hall–Kier alpha value is 0.1000. The first-order chi connectivity index (χ1) is 10.7. The van der Waals surface area contributed by atoms with Crippen molar-refractivity contribution in [3.63, 3.8) is 0 Å². The number of Topliss-reactive ketones (excluding diaryl/α,β-unsaturated/α-hetero) is 1. The van der Waals surface area contributed by atoms with Gasteiger partial charge in [0.25, 0.3) is 0 Å². The summed E-state index contributed by atoms with van der Waals surface area (Å²) in [6.45, 7) is 0.808. The third-order valence-corrected chi connectivity index (χ3v) is 4.86. The normalized spacial score (nSPS) is 10.6. The number of carbonyl (C=O) groups is 2. The van der Waals surface area contributed by atoms with Gasteiger partial charge in [0.15, 0.2) is 0 Å². The Labute approximate surface area is 152 Å². The van der Waals surface area contributed by atoms with E-state index in [1.807, 2.05) is 0 Å². The predicted octanol–water partition coefficient (Wildman–Crippen LogP) is 5.14. The maximum Gasteiger partial charge on any atom is 0.230 e. The van der Waals surface area contributed by atoms with Gasteiger partial charge in [0.1, 0.15) is 5.78 Å². The molecule has 0 aliphatic heterocycles. The lowest BCUT2D eigenvalue weighted by molar-refractivity contribution is -0.118. The number of alkyl halides is 2. The van der Waals surface area contributed by atoms with E-state index in [1.54, 1.807) is 0 Å². The molecule has 0 fully saturated rings. The average Bonchev–Trinajstić information content (AvgIpc) is 2.54. The SMILES string of the molecule is O=C(CBr)CCCCCCCCCCCCCNC(=O)CBr. The molecule has 0 aromatic heterocycles. The number of rotatable bonds is 16. The van der Waals surface area contributed by atoms with Crippen molar-refractivity contribution in [2.45, 2.75) is 77.0 Å². The molecule has 1 amide bonds. The van der Waals surface area contributed by atoms with E-state index in [-0.39, 0.29) is 5.91 Å². The van der Waals surface area contributed by atoms with Gasteiger partial charge in [-0.3, -0.25) is 9.59 Å². The van der Waals surface area contributed by atoms with Gasteiger partial charge < -0.3 is 5.32 Å². The maximum atomic E-state index is 11.1. The van der Waals surface area contributed by atoms with Gasteiger partial charge in [-0.05, 0) is 12.8 Å². The van der Waals surface area contributed by atoms with Crippen molar-refractivity contribution in [2.24, 2.45) is 0 Å². The molecule has 130 valence electrons. The van der Waals surface area contributed by atoms with Crippen LogP contribution in [0.2, 0.25) is 0 Å². The summed E-state index contributed by atoms with van der Waals surface area (Å²) in [6, 6.07) is 0. The monoisotopic (exact) mass is 439 g/mol. The van der Waals surface area contributed by atoms with E-state index >= 15 is 0 Å². The lowest BCUT2D eigenvalue weighted by Crippen LogP contribution is -2.25. The van der Waals surface area contributed by atoms with Crippen LogP contribution < -0.4 is 5.32 Å². The summed E-state index contributed by atoms with van der Waals surface area (Å²) in [4.78, 5) is 22.1. The van der Waals surface area contributed by atoms with Crippen molar-refractivity contribution in [1.82, 2.24) is 5.32 Å². The van der Waals surface area contributed by atoms with Crippen molar-refractivity contribution in [2.75, 3.05) is 17.2 Å². The van der Waals surface area contributed by atoms with Crippen LogP contribution in [-0.4, -0.2) is 28.9 Å². The van der Waals surface area contributed by atoms with Crippen molar-refractivity contribution >= 4 is 43.6 Å². The number of hydrogen-bond acceptors (Lipinski definition) is 2. The van der Waals surface area contributed by atoms with E-state index < -0.39 is 0 Å². The molecular weight excluding hydrogens is 410 g/mol. The lowest BCUT2D eigenvalue weighted by Gasteiger charge is -2.04. The minimum Gasteiger partial charge on any atom is -0.355 e. The summed E-state index contributed by atoms with van der Waals surface area (Å²) < 4.78 is 0. The highest BCUT2D eigenvalue weighted by molar-refractivity contribution is 9.09. The Morgan fingerprint density at radius 3 is 1.55 bits per heavy atom. The molecule has 0 spiro atoms. The highest BCUT2D eigenvalue weighted by Crippen LogP contribution is 2.12. The molecule has 1 N–H and O–H groups in total. The zero-order valence-corrected chi connectivity index (χ0v) is 16.9. The first kappa shape index (κ1) is 22.1. The molecule has 0 aliphatic rings. The predicted molar refractivity (Wildman–Crippen MR) is 101 cm³/mol. The standard InChI is InChI=1S/C17H31Br2NO2/c18-14-16(21)12-10-8-6-4-2-1-3-5-7-9-11-13-20-17(22)15-19/h1-15H2,(H,20,22). The second-order valence-corrected chi connectivity index (χ2v) is 6.92. The molecule has 0 radical (unpaired) electrons. The summed E-state index contributed by atoms with van der Waals surface area (Å²) in [6.07, 6.45) is 14.4. The Balaban J connectivity index is 3.05. The summed E-state index contributed by atoms with van der Waals surface area (Å²) in [5.74, 6) is 0.406. The van der Waals surface area contributed by atoms with Crippen molar-refractivity contribution in [3.05, 3.63) is 0 Å². The van der Waals surface area contributed by atoms with Crippen LogP contribution in [0.3, 0.4) is 0 Å².